The van der Waals surface area contributed by atoms with Gasteiger partial charge in [0.15, 0.2) is 0 Å². The number of non-ortho nitro benzene ring substituents is 1. The van der Waals surface area contributed by atoms with Crippen molar-refractivity contribution in [2.75, 3.05) is 6.61 Å². The Bertz CT molecular complexity index is 647. The first kappa shape index (κ1) is 13.0. The van der Waals surface area contributed by atoms with Gasteiger partial charge < -0.3 is 14.8 Å². The molecule has 2 aromatic rings. The smallest absolute Gasteiger partial charge is 0.355 e. The lowest BCUT2D eigenvalue weighted by atomic mass is 10.1. The molecule has 0 atom stereocenters. The maximum Gasteiger partial charge on any atom is 0.355 e. The number of nitro groups is 1. The van der Waals surface area contributed by atoms with Crippen LogP contribution in [-0.4, -0.2) is 27.6 Å². The van der Waals surface area contributed by atoms with E-state index in [1.165, 1.54) is 12.1 Å². The van der Waals surface area contributed by atoms with Gasteiger partial charge in [-0.05, 0) is 13.0 Å². The Morgan fingerprint density at radius 1 is 1.53 bits per heavy atom. The third-order valence-electron chi connectivity index (χ3n) is 2.74. The van der Waals surface area contributed by atoms with E-state index in [0.29, 0.717) is 5.52 Å². The third kappa shape index (κ3) is 2.15. The lowest BCUT2D eigenvalue weighted by Crippen LogP contribution is -2.07. The van der Waals surface area contributed by atoms with Gasteiger partial charge in [-0.3, -0.25) is 10.1 Å². The van der Waals surface area contributed by atoms with E-state index < -0.39 is 17.5 Å². The highest BCUT2D eigenvalue weighted by Gasteiger charge is 2.24. The highest BCUT2D eigenvalue weighted by molar-refractivity contribution is 6.01. The first-order chi connectivity index (χ1) is 9.10. The van der Waals surface area contributed by atoms with Crippen LogP contribution in [-0.2, 0) is 11.3 Å². The van der Waals surface area contributed by atoms with Gasteiger partial charge in [-0.1, -0.05) is 6.07 Å². The summed E-state index contributed by atoms with van der Waals surface area (Å²) in [5.74, 6) is -0.642. The van der Waals surface area contributed by atoms with Crippen molar-refractivity contribution in [3.63, 3.8) is 0 Å². The molecule has 19 heavy (non-hydrogen) atoms. The van der Waals surface area contributed by atoms with Gasteiger partial charge in [-0.25, -0.2) is 4.79 Å². The van der Waals surface area contributed by atoms with Gasteiger partial charge in [0.25, 0.3) is 5.69 Å². The van der Waals surface area contributed by atoms with Crippen molar-refractivity contribution in [2.45, 2.75) is 13.5 Å². The van der Waals surface area contributed by atoms with Gasteiger partial charge in [0.2, 0.25) is 0 Å². The number of ether oxygens (including phenoxy) is 1. The quantitative estimate of drug-likeness (QED) is 0.497. The highest BCUT2D eigenvalue weighted by atomic mass is 16.6. The summed E-state index contributed by atoms with van der Waals surface area (Å²) in [4.78, 5) is 24.9. The number of H-pyrrole nitrogens is 1. The Morgan fingerprint density at radius 3 is 2.84 bits per heavy atom. The van der Waals surface area contributed by atoms with Crippen molar-refractivity contribution >= 4 is 22.6 Å². The average Bonchev–Trinajstić information content (AvgIpc) is 2.77. The van der Waals surface area contributed by atoms with E-state index >= 15 is 0 Å². The van der Waals surface area contributed by atoms with Crippen LogP contribution < -0.4 is 0 Å². The first-order valence-electron chi connectivity index (χ1n) is 5.66. The predicted octanol–water partition coefficient (Wildman–Crippen LogP) is 1.75. The van der Waals surface area contributed by atoms with Crippen LogP contribution in [0.15, 0.2) is 18.2 Å². The van der Waals surface area contributed by atoms with Gasteiger partial charge in [-0.2, -0.15) is 0 Å². The van der Waals surface area contributed by atoms with Crippen molar-refractivity contribution < 1.29 is 19.6 Å². The highest BCUT2D eigenvalue weighted by Crippen LogP contribution is 2.31. The standard InChI is InChI=1S/C12H12N2O5/c1-2-19-12(16)11-7(6-15)10-8(13-11)4-3-5-9(10)14(17)18/h3-5,13,15H,2,6H2,1H3. The monoisotopic (exact) mass is 264 g/mol. The molecule has 0 bridgehead atoms. The molecule has 0 unspecified atom stereocenters. The second kappa shape index (κ2) is 5.07. The van der Waals surface area contributed by atoms with E-state index in [2.05, 4.69) is 4.98 Å². The number of nitro benzene ring substituents is 1. The molecule has 2 rings (SSSR count). The van der Waals surface area contributed by atoms with Crippen molar-refractivity contribution in [1.82, 2.24) is 4.98 Å². The minimum Gasteiger partial charge on any atom is -0.461 e. The summed E-state index contributed by atoms with van der Waals surface area (Å²) in [6, 6.07) is 4.43. The van der Waals surface area contributed by atoms with Crippen molar-refractivity contribution in [3.05, 3.63) is 39.6 Å². The first-order valence-corrected chi connectivity index (χ1v) is 5.66. The van der Waals surface area contributed by atoms with Crippen LogP contribution in [0.4, 0.5) is 5.69 Å². The van der Waals surface area contributed by atoms with Crippen LogP contribution >= 0.6 is 0 Å². The topological polar surface area (TPSA) is 105 Å². The van der Waals surface area contributed by atoms with E-state index in [0.717, 1.165) is 0 Å². The molecule has 7 nitrogen and oxygen atoms in total. The zero-order valence-corrected chi connectivity index (χ0v) is 10.2. The minimum atomic E-state index is -0.642. The molecule has 0 saturated heterocycles. The predicted molar refractivity (Wildman–Crippen MR) is 66.8 cm³/mol. The number of carbonyl (C=O) groups excluding carboxylic acids is 1. The van der Waals surface area contributed by atoms with Crippen LogP contribution in [0.1, 0.15) is 23.0 Å². The molecule has 0 amide bonds. The minimum absolute atomic E-state index is 0.0497. The molecule has 0 aliphatic heterocycles. The largest absolute Gasteiger partial charge is 0.461 e. The van der Waals surface area contributed by atoms with Crippen molar-refractivity contribution in [3.8, 4) is 0 Å². The Kier molecular flexibility index (Phi) is 3.48. The molecule has 0 aliphatic carbocycles. The zero-order valence-electron chi connectivity index (χ0n) is 10.2. The Hall–Kier alpha value is -2.41. The second-order valence-corrected chi connectivity index (χ2v) is 3.81. The zero-order chi connectivity index (χ0) is 14.0. The molecule has 1 aromatic heterocycles. The molecule has 0 saturated carbocycles. The number of aromatic amines is 1. The van der Waals surface area contributed by atoms with Gasteiger partial charge in [-0.15, -0.1) is 0 Å². The molecule has 0 aliphatic rings. The van der Waals surface area contributed by atoms with E-state index in [4.69, 9.17) is 4.74 Å². The van der Waals surface area contributed by atoms with Gasteiger partial charge in [0.05, 0.1) is 29.0 Å². The third-order valence-corrected chi connectivity index (χ3v) is 2.74. The molecule has 2 N–H and O–H groups in total. The average molecular weight is 264 g/mol. The molecular weight excluding hydrogens is 252 g/mol. The van der Waals surface area contributed by atoms with Crippen molar-refractivity contribution in [1.29, 1.82) is 0 Å². The molecular formula is C12H12N2O5. The lowest BCUT2D eigenvalue weighted by Gasteiger charge is -2.01. The van der Waals surface area contributed by atoms with Gasteiger partial charge in [0, 0.05) is 11.6 Å². The fourth-order valence-electron chi connectivity index (χ4n) is 1.98. The van der Waals surface area contributed by atoms with Crippen LogP contribution in [0, 0.1) is 10.1 Å². The summed E-state index contributed by atoms with van der Waals surface area (Å²) in [6.45, 7) is 1.35. The van der Waals surface area contributed by atoms with E-state index in [1.54, 1.807) is 13.0 Å². The number of hydrogen-bond donors (Lipinski definition) is 2. The Labute approximate surface area is 108 Å². The second-order valence-electron chi connectivity index (χ2n) is 3.81. The van der Waals surface area contributed by atoms with Crippen LogP contribution in [0.25, 0.3) is 10.9 Å². The molecule has 7 heteroatoms. The summed E-state index contributed by atoms with van der Waals surface area (Å²) in [6.07, 6.45) is 0. The molecule has 0 spiro atoms. The van der Waals surface area contributed by atoms with E-state index in [9.17, 15) is 20.0 Å². The molecule has 0 fully saturated rings. The SMILES string of the molecule is CCOC(=O)c1[nH]c2cccc([N+](=O)[O-])c2c1CO. The number of aromatic nitrogens is 1. The lowest BCUT2D eigenvalue weighted by molar-refractivity contribution is -0.383. The summed E-state index contributed by atoms with van der Waals surface area (Å²) in [5, 5.41) is 20.6. The van der Waals surface area contributed by atoms with Crippen LogP contribution in [0.5, 0.6) is 0 Å². The number of aliphatic hydroxyl groups excluding tert-OH is 1. The fraction of sp³-hybridized carbons (Fsp3) is 0.250. The number of fused-ring (bicyclic) bond motifs is 1. The van der Waals surface area contributed by atoms with Crippen molar-refractivity contribution in [2.24, 2.45) is 0 Å². The maximum atomic E-state index is 11.7. The number of rotatable bonds is 4. The molecule has 1 heterocycles. The number of esters is 1. The van der Waals surface area contributed by atoms with Crippen LogP contribution in [0.2, 0.25) is 0 Å². The number of carbonyl (C=O) groups is 1. The fourth-order valence-corrected chi connectivity index (χ4v) is 1.98. The summed E-state index contributed by atoms with van der Waals surface area (Å²) in [5.41, 5.74) is 0.490. The number of aliphatic hydroxyl groups is 1. The molecule has 0 radical (unpaired) electrons. The summed E-state index contributed by atoms with van der Waals surface area (Å²) < 4.78 is 4.85. The number of nitrogens with zero attached hydrogens (tertiary/aromatic N) is 1. The van der Waals surface area contributed by atoms with Crippen LogP contribution in [0.3, 0.4) is 0 Å². The molecule has 100 valence electrons. The summed E-state index contributed by atoms with van der Waals surface area (Å²) >= 11 is 0. The van der Waals surface area contributed by atoms with Gasteiger partial charge in [0.1, 0.15) is 5.69 Å². The maximum absolute atomic E-state index is 11.7. The number of hydrogen-bond acceptors (Lipinski definition) is 5. The summed E-state index contributed by atoms with van der Waals surface area (Å²) in [7, 11) is 0. The Morgan fingerprint density at radius 2 is 2.26 bits per heavy atom. The Balaban J connectivity index is 2.72. The van der Waals surface area contributed by atoms with E-state index in [-0.39, 0.29) is 28.9 Å². The van der Waals surface area contributed by atoms with Gasteiger partial charge >= 0.3 is 5.97 Å². The normalized spacial score (nSPS) is 10.6. The number of nitrogens with one attached hydrogen (secondary N) is 1. The van der Waals surface area contributed by atoms with E-state index in [1.807, 2.05) is 0 Å². The number of benzene rings is 1. The molecule has 1 aromatic carbocycles.